The Bertz CT molecular complexity index is 1500. The molecule has 4 heterocycles. The SMILES string of the molecule is CC1(C)[C@@H]2CC[C@@]1(C)[C@H]1OC(C3[C@@H](O[C@H]4O[C@H]5[C@@H](C4C4C[C@H]6[C@H]7CC[C@@](C)([C@H]6O4)C7(C)C)[C@H]4CC[C@]5(C)C4(C)C)O[C@H]4[C@@H]3[C@H]3CC[C@]4(C)C3(C)C)C[C@@H]21. The molecule has 4 saturated heterocycles. The van der Waals surface area contributed by atoms with Crippen LogP contribution in [0.3, 0.4) is 0 Å². The maximum Gasteiger partial charge on any atom is 0.166 e. The first-order chi connectivity index (χ1) is 24.7. The highest BCUT2D eigenvalue weighted by atomic mass is 16.8. The van der Waals surface area contributed by atoms with Crippen LogP contribution in [0.2, 0.25) is 0 Å². The van der Waals surface area contributed by atoms with Crippen molar-refractivity contribution < 1.29 is 23.7 Å². The lowest BCUT2D eigenvalue weighted by molar-refractivity contribution is -0.283. The Kier molecular flexibility index (Phi) is 6.43. The molecule has 0 aromatic rings. The Balaban J connectivity index is 0.900. The van der Waals surface area contributed by atoms with Gasteiger partial charge in [0.05, 0.1) is 36.6 Å². The highest BCUT2D eigenvalue weighted by molar-refractivity contribution is 5.24. The molecule has 22 atom stereocenters. The van der Waals surface area contributed by atoms with Crippen LogP contribution >= 0.6 is 0 Å². The fourth-order valence-corrected chi connectivity index (χ4v) is 19.8. The minimum absolute atomic E-state index is 0.177. The van der Waals surface area contributed by atoms with Gasteiger partial charge in [-0.05, 0) is 155 Å². The maximum absolute atomic E-state index is 7.68. The zero-order valence-corrected chi connectivity index (χ0v) is 35.5. The highest BCUT2D eigenvalue weighted by Gasteiger charge is 2.78. The molecular weight excluding hydrogens is 657 g/mol. The summed E-state index contributed by atoms with van der Waals surface area (Å²) in [6, 6.07) is 0. The molecule has 53 heavy (non-hydrogen) atoms. The van der Waals surface area contributed by atoms with Crippen LogP contribution in [0.15, 0.2) is 0 Å². The van der Waals surface area contributed by atoms with E-state index in [1.165, 1.54) is 64.2 Å². The number of rotatable bonds is 4. The first kappa shape index (κ1) is 34.8. The molecule has 12 fully saturated rings. The van der Waals surface area contributed by atoms with Gasteiger partial charge in [0.2, 0.25) is 0 Å². The molecule has 0 aromatic carbocycles. The van der Waals surface area contributed by atoms with Crippen LogP contribution in [0.1, 0.15) is 147 Å². The van der Waals surface area contributed by atoms with Crippen LogP contribution in [-0.2, 0) is 23.7 Å². The number of hydrogen-bond acceptors (Lipinski definition) is 5. The predicted molar refractivity (Wildman–Crippen MR) is 204 cm³/mol. The van der Waals surface area contributed by atoms with Crippen molar-refractivity contribution >= 4 is 0 Å². The van der Waals surface area contributed by atoms with Crippen LogP contribution in [0.4, 0.5) is 0 Å². The summed E-state index contributed by atoms with van der Waals surface area (Å²) >= 11 is 0. The second-order valence-corrected chi connectivity index (χ2v) is 25.4. The third kappa shape index (κ3) is 3.49. The monoisotopic (exact) mass is 731 g/mol. The zero-order valence-electron chi connectivity index (χ0n) is 35.5. The van der Waals surface area contributed by atoms with Gasteiger partial charge in [0, 0.05) is 11.8 Å². The fourth-order valence-electron chi connectivity index (χ4n) is 19.8. The number of hydrogen-bond donors (Lipinski definition) is 0. The average Bonchev–Trinajstić information content (AvgIpc) is 3.96. The van der Waals surface area contributed by atoms with E-state index in [-0.39, 0.29) is 81.3 Å². The van der Waals surface area contributed by atoms with Crippen molar-refractivity contribution in [1.82, 2.24) is 0 Å². The van der Waals surface area contributed by atoms with Crippen molar-refractivity contribution in [2.24, 2.45) is 102 Å². The molecule has 8 aliphatic carbocycles. The van der Waals surface area contributed by atoms with Crippen LogP contribution in [0, 0.1) is 102 Å². The molecule has 4 aliphatic heterocycles. The Morgan fingerprint density at radius 1 is 0.377 bits per heavy atom. The lowest BCUT2D eigenvalue weighted by Crippen LogP contribution is -2.45. The van der Waals surface area contributed by atoms with Crippen LogP contribution in [-0.4, -0.2) is 49.2 Å². The lowest BCUT2D eigenvalue weighted by atomic mass is 9.69. The highest BCUT2D eigenvalue weighted by Crippen LogP contribution is 2.78. The molecule has 0 radical (unpaired) electrons. The molecule has 8 saturated carbocycles. The fraction of sp³-hybridized carbons (Fsp3) is 1.00. The third-order valence-electron chi connectivity index (χ3n) is 24.3. The van der Waals surface area contributed by atoms with E-state index in [0.717, 1.165) is 11.8 Å². The molecule has 0 aromatic heterocycles. The van der Waals surface area contributed by atoms with E-state index in [2.05, 4.69) is 83.1 Å². The summed E-state index contributed by atoms with van der Waals surface area (Å²) in [6.07, 6.45) is 14.1. The van der Waals surface area contributed by atoms with Crippen molar-refractivity contribution in [3.63, 3.8) is 0 Å². The van der Waals surface area contributed by atoms with E-state index in [4.69, 9.17) is 23.7 Å². The van der Waals surface area contributed by atoms with Gasteiger partial charge in [0.1, 0.15) is 0 Å². The lowest BCUT2D eigenvalue weighted by Gasteiger charge is -2.42. The largest absolute Gasteiger partial charge is 0.374 e. The molecule has 296 valence electrons. The van der Waals surface area contributed by atoms with Crippen LogP contribution in [0.25, 0.3) is 0 Å². The van der Waals surface area contributed by atoms with Gasteiger partial charge in [0.25, 0.3) is 0 Å². The predicted octanol–water partition coefficient (Wildman–Crippen LogP) is 10.3. The summed E-state index contributed by atoms with van der Waals surface area (Å²) in [7, 11) is 0. The number of fused-ring (bicyclic) bond motifs is 20. The molecule has 12 aliphatic rings. The van der Waals surface area contributed by atoms with E-state index in [0.29, 0.717) is 58.5 Å². The maximum atomic E-state index is 7.68. The van der Waals surface area contributed by atoms with Crippen molar-refractivity contribution in [2.45, 2.75) is 196 Å². The normalized spacial score (nSPS) is 65.7. The molecule has 5 nitrogen and oxygen atoms in total. The average molecular weight is 731 g/mol. The first-order valence-corrected chi connectivity index (χ1v) is 23.0. The molecule has 4 unspecified atom stereocenters. The van der Waals surface area contributed by atoms with Gasteiger partial charge in [-0.25, -0.2) is 0 Å². The van der Waals surface area contributed by atoms with E-state index in [9.17, 15) is 0 Å². The molecular formula is C48H74O5. The smallest absolute Gasteiger partial charge is 0.166 e. The molecule has 0 amide bonds. The van der Waals surface area contributed by atoms with Crippen molar-refractivity contribution in [2.75, 3.05) is 0 Å². The van der Waals surface area contributed by atoms with E-state index < -0.39 is 0 Å². The van der Waals surface area contributed by atoms with E-state index in [1.54, 1.807) is 0 Å². The summed E-state index contributed by atoms with van der Waals surface area (Å²) in [5.41, 5.74) is 2.16. The Morgan fingerprint density at radius 3 is 1.06 bits per heavy atom. The van der Waals surface area contributed by atoms with Gasteiger partial charge >= 0.3 is 0 Å². The summed E-state index contributed by atoms with van der Waals surface area (Å²) < 4.78 is 37.8. The summed E-state index contributed by atoms with van der Waals surface area (Å²) in [5, 5.41) is 0. The van der Waals surface area contributed by atoms with Gasteiger partial charge in [-0.2, -0.15) is 0 Å². The van der Waals surface area contributed by atoms with Crippen LogP contribution < -0.4 is 0 Å². The Morgan fingerprint density at radius 2 is 0.698 bits per heavy atom. The molecule has 5 heteroatoms. The van der Waals surface area contributed by atoms with Crippen LogP contribution in [0.5, 0.6) is 0 Å². The van der Waals surface area contributed by atoms with E-state index >= 15 is 0 Å². The van der Waals surface area contributed by atoms with Crippen molar-refractivity contribution in [1.29, 1.82) is 0 Å². The quantitative estimate of drug-likeness (QED) is 0.288. The molecule has 0 N–H and O–H groups in total. The van der Waals surface area contributed by atoms with Gasteiger partial charge in [0.15, 0.2) is 12.6 Å². The van der Waals surface area contributed by atoms with Gasteiger partial charge in [-0.1, -0.05) is 83.1 Å². The van der Waals surface area contributed by atoms with E-state index in [1.807, 2.05) is 0 Å². The summed E-state index contributed by atoms with van der Waals surface area (Å²) in [6.45, 7) is 30.7. The first-order valence-electron chi connectivity index (χ1n) is 23.0. The second kappa shape index (κ2) is 9.80. The van der Waals surface area contributed by atoms with Crippen molar-refractivity contribution in [3.05, 3.63) is 0 Å². The van der Waals surface area contributed by atoms with Gasteiger partial charge in [-0.15, -0.1) is 0 Å². The second-order valence-electron chi connectivity index (χ2n) is 25.4. The minimum Gasteiger partial charge on any atom is -0.374 e. The van der Waals surface area contributed by atoms with Crippen molar-refractivity contribution in [3.8, 4) is 0 Å². The topological polar surface area (TPSA) is 46.2 Å². The van der Waals surface area contributed by atoms with Gasteiger partial charge in [-0.3, -0.25) is 0 Å². The molecule has 8 bridgehead atoms. The number of ether oxygens (including phenoxy) is 5. The standard InChI is InChI=1S/C48H74O5/c1-41(2)25-13-17-45(41,9)35-23(25)21-29(49-35)33-31-27-15-19-47(11,43(27,5)6)37(31)51-39(33)53-40-34(32-28-16-20-48(12,38(32)52-40)44(28,7)8)30-22-24-26-14-18-46(10,36(24)50-30)42(26,3)4/h23-40H,13-22H2,1-12H3/t23-,24-,25+,26+,27+,28+,29?,30?,31+,32+,33?,34?,35-,36-,37-,38-,39+,40+,45-,46-,47-,48-/m0/s1. The zero-order chi connectivity index (χ0) is 37.0. The molecule has 12 rings (SSSR count). The minimum atomic E-state index is -0.262. The summed E-state index contributed by atoms with van der Waals surface area (Å²) in [5.74, 6) is 5.78. The third-order valence-corrected chi connectivity index (χ3v) is 24.3. The Hall–Kier alpha value is -0.200. The summed E-state index contributed by atoms with van der Waals surface area (Å²) in [4.78, 5) is 0. The van der Waals surface area contributed by atoms with Gasteiger partial charge < -0.3 is 23.7 Å². The molecule has 0 spiro atoms. The Labute approximate surface area is 321 Å².